The summed E-state index contributed by atoms with van der Waals surface area (Å²) in [5, 5.41) is 4.42. The predicted octanol–water partition coefficient (Wildman–Crippen LogP) is 3.37. The van der Waals surface area contributed by atoms with Crippen molar-refractivity contribution in [2.45, 2.75) is 12.8 Å². The van der Waals surface area contributed by atoms with E-state index < -0.39 is 0 Å². The number of benzene rings is 1. The molecule has 0 radical (unpaired) electrons. The summed E-state index contributed by atoms with van der Waals surface area (Å²) in [6.45, 7) is 0.650. The number of nitrogens with two attached hydrogens (primary N) is 1. The second-order valence-corrected chi connectivity index (χ2v) is 5.23. The molecule has 5 nitrogen and oxygen atoms in total. The van der Waals surface area contributed by atoms with Gasteiger partial charge >= 0.3 is 0 Å². The van der Waals surface area contributed by atoms with Crippen molar-refractivity contribution >= 4 is 17.5 Å². The topological polar surface area (TPSA) is 70.5 Å². The van der Waals surface area contributed by atoms with Crippen LogP contribution in [0.4, 0.5) is 5.88 Å². The number of nitrogens with zero attached hydrogens (tertiary/aromatic N) is 1. The van der Waals surface area contributed by atoms with E-state index in [4.69, 9.17) is 31.3 Å². The predicted molar refractivity (Wildman–Crippen MR) is 76.1 cm³/mol. The largest absolute Gasteiger partial charge is 0.493 e. The van der Waals surface area contributed by atoms with Gasteiger partial charge in [-0.1, -0.05) is 16.8 Å². The van der Waals surface area contributed by atoms with E-state index in [1.807, 2.05) is 0 Å². The van der Waals surface area contributed by atoms with E-state index in [9.17, 15) is 0 Å². The Kier molecular flexibility index (Phi) is 3.44. The van der Waals surface area contributed by atoms with Gasteiger partial charge in [0.05, 0.1) is 24.3 Å². The first-order valence-corrected chi connectivity index (χ1v) is 6.78. The number of halogens is 1. The second kappa shape index (κ2) is 5.25. The number of hydrogen-bond acceptors (Lipinski definition) is 5. The van der Waals surface area contributed by atoms with Crippen molar-refractivity contribution in [3.63, 3.8) is 0 Å². The Hall–Kier alpha value is -1.88. The lowest BCUT2D eigenvalue weighted by molar-refractivity contribution is 0.281. The van der Waals surface area contributed by atoms with Gasteiger partial charge in [-0.15, -0.1) is 0 Å². The van der Waals surface area contributed by atoms with Crippen LogP contribution in [-0.4, -0.2) is 18.9 Å². The summed E-state index contributed by atoms with van der Waals surface area (Å²) in [4.78, 5) is 0. The van der Waals surface area contributed by atoms with Crippen LogP contribution in [0.3, 0.4) is 0 Å². The number of rotatable bonds is 5. The van der Waals surface area contributed by atoms with E-state index >= 15 is 0 Å². The summed E-state index contributed by atoms with van der Waals surface area (Å²) in [5.41, 5.74) is 6.76. The van der Waals surface area contributed by atoms with Gasteiger partial charge in [0.15, 0.2) is 11.5 Å². The number of aromatic nitrogens is 1. The highest BCUT2D eigenvalue weighted by Crippen LogP contribution is 2.44. The highest BCUT2D eigenvalue weighted by molar-refractivity contribution is 6.33. The molecule has 1 aliphatic carbocycles. The summed E-state index contributed by atoms with van der Waals surface area (Å²) in [6.07, 6.45) is 2.41. The zero-order valence-electron chi connectivity index (χ0n) is 11.1. The summed E-state index contributed by atoms with van der Waals surface area (Å²) in [7, 11) is 1.59. The Balaban J connectivity index is 2.04. The molecule has 1 heterocycles. The Morgan fingerprint density at radius 2 is 2.25 bits per heavy atom. The molecule has 0 bridgehead atoms. The van der Waals surface area contributed by atoms with Gasteiger partial charge in [0.1, 0.15) is 5.69 Å². The van der Waals surface area contributed by atoms with Crippen LogP contribution in [0.1, 0.15) is 12.8 Å². The van der Waals surface area contributed by atoms with Gasteiger partial charge in [-0.2, -0.15) is 0 Å². The Bertz CT molecular complexity index is 623. The fourth-order valence-corrected chi connectivity index (χ4v) is 2.22. The Labute approximate surface area is 121 Å². The van der Waals surface area contributed by atoms with Crippen LogP contribution in [0.25, 0.3) is 11.3 Å². The summed E-state index contributed by atoms with van der Waals surface area (Å²) >= 11 is 6.28. The lowest BCUT2D eigenvalue weighted by atomic mass is 10.1. The number of ether oxygens (including phenoxy) is 2. The van der Waals surface area contributed by atoms with Crippen LogP contribution < -0.4 is 15.2 Å². The van der Waals surface area contributed by atoms with Crippen molar-refractivity contribution in [1.29, 1.82) is 0 Å². The van der Waals surface area contributed by atoms with Crippen molar-refractivity contribution in [2.75, 3.05) is 19.5 Å². The Morgan fingerprint density at radius 3 is 2.85 bits per heavy atom. The third-order valence-corrected chi connectivity index (χ3v) is 3.55. The molecular formula is C14H15ClN2O3. The Morgan fingerprint density at radius 1 is 1.45 bits per heavy atom. The maximum Gasteiger partial charge on any atom is 0.222 e. The zero-order valence-corrected chi connectivity index (χ0v) is 11.8. The molecule has 1 aromatic carbocycles. The highest BCUT2D eigenvalue weighted by atomic mass is 35.5. The van der Waals surface area contributed by atoms with Crippen LogP contribution in [0.15, 0.2) is 22.7 Å². The average Bonchev–Trinajstić information content (AvgIpc) is 3.17. The van der Waals surface area contributed by atoms with E-state index in [-0.39, 0.29) is 5.88 Å². The third-order valence-electron chi connectivity index (χ3n) is 3.24. The first-order chi connectivity index (χ1) is 9.69. The second-order valence-electron chi connectivity index (χ2n) is 4.82. The molecule has 0 saturated heterocycles. The quantitative estimate of drug-likeness (QED) is 0.915. The summed E-state index contributed by atoms with van der Waals surface area (Å²) in [6, 6.07) is 5.13. The maximum atomic E-state index is 6.28. The van der Waals surface area contributed by atoms with Crippen LogP contribution in [0.2, 0.25) is 5.02 Å². The fourth-order valence-electron chi connectivity index (χ4n) is 1.98. The summed E-state index contributed by atoms with van der Waals surface area (Å²) < 4.78 is 16.2. The normalized spacial score (nSPS) is 14.3. The molecule has 0 amide bonds. The SMILES string of the molecule is COc1ccc(Cl)c(-c2cc(N)on2)c1OCC1CC1. The van der Waals surface area contributed by atoms with Crippen LogP contribution in [-0.2, 0) is 0 Å². The molecule has 106 valence electrons. The van der Waals surface area contributed by atoms with E-state index in [0.29, 0.717) is 40.3 Å². The van der Waals surface area contributed by atoms with Crippen molar-refractivity contribution in [3.8, 4) is 22.8 Å². The molecule has 0 atom stereocenters. The summed E-state index contributed by atoms with van der Waals surface area (Å²) in [5.74, 6) is 2.05. The van der Waals surface area contributed by atoms with E-state index in [2.05, 4.69) is 5.16 Å². The molecular weight excluding hydrogens is 280 g/mol. The lowest BCUT2D eigenvalue weighted by Crippen LogP contribution is -2.03. The third kappa shape index (κ3) is 2.54. The minimum Gasteiger partial charge on any atom is -0.493 e. The number of nitrogen functional groups attached to an aromatic ring is 1. The molecule has 0 spiro atoms. The van der Waals surface area contributed by atoms with Gasteiger partial charge in [0, 0.05) is 6.07 Å². The minimum atomic E-state index is 0.229. The number of anilines is 1. The van der Waals surface area contributed by atoms with Crippen molar-refractivity contribution in [3.05, 3.63) is 23.2 Å². The molecule has 6 heteroatoms. The van der Waals surface area contributed by atoms with Crippen LogP contribution >= 0.6 is 11.6 Å². The molecule has 1 aromatic heterocycles. The molecule has 0 aliphatic heterocycles. The lowest BCUT2D eigenvalue weighted by Gasteiger charge is -2.14. The van der Waals surface area contributed by atoms with Crippen LogP contribution in [0, 0.1) is 5.92 Å². The molecule has 2 aromatic rings. The van der Waals surface area contributed by atoms with Crippen LogP contribution in [0.5, 0.6) is 11.5 Å². The molecule has 1 aliphatic rings. The van der Waals surface area contributed by atoms with Gasteiger partial charge in [0.2, 0.25) is 5.88 Å². The van der Waals surface area contributed by atoms with Gasteiger partial charge in [0.25, 0.3) is 0 Å². The van der Waals surface area contributed by atoms with Gasteiger partial charge < -0.3 is 19.7 Å². The van der Waals surface area contributed by atoms with Crippen molar-refractivity contribution in [1.82, 2.24) is 5.16 Å². The van der Waals surface area contributed by atoms with E-state index in [0.717, 1.165) is 0 Å². The molecule has 2 N–H and O–H groups in total. The highest BCUT2D eigenvalue weighted by Gasteiger charge is 2.25. The van der Waals surface area contributed by atoms with Gasteiger partial charge in [-0.05, 0) is 30.9 Å². The zero-order chi connectivity index (χ0) is 14.1. The van der Waals surface area contributed by atoms with E-state index in [1.54, 1.807) is 25.3 Å². The number of methoxy groups -OCH3 is 1. The van der Waals surface area contributed by atoms with Crippen molar-refractivity contribution < 1.29 is 14.0 Å². The monoisotopic (exact) mass is 294 g/mol. The first kappa shape index (κ1) is 13.1. The minimum absolute atomic E-state index is 0.229. The van der Waals surface area contributed by atoms with Crippen molar-refractivity contribution in [2.24, 2.45) is 5.92 Å². The fraction of sp³-hybridized carbons (Fsp3) is 0.357. The first-order valence-electron chi connectivity index (χ1n) is 6.41. The van der Waals surface area contributed by atoms with E-state index in [1.165, 1.54) is 12.8 Å². The molecule has 1 saturated carbocycles. The molecule has 0 unspecified atom stereocenters. The van der Waals surface area contributed by atoms with Gasteiger partial charge in [-0.3, -0.25) is 0 Å². The van der Waals surface area contributed by atoms with Gasteiger partial charge in [-0.25, -0.2) is 0 Å². The maximum absolute atomic E-state index is 6.28. The smallest absolute Gasteiger partial charge is 0.222 e. The molecule has 1 fully saturated rings. The molecule has 20 heavy (non-hydrogen) atoms. The molecule has 3 rings (SSSR count). The average molecular weight is 295 g/mol. The number of hydrogen-bond donors (Lipinski definition) is 1. The standard InChI is InChI=1S/C14H15ClN2O3/c1-18-11-5-4-9(15)13(10-6-12(16)20-17-10)14(11)19-7-8-2-3-8/h4-6,8H,2-3,7,16H2,1H3.